The van der Waals surface area contributed by atoms with Crippen molar-refractivity contribution in [3.05, 3.63) is 170 Å². The van der Waals surface area contributed by atoms with Crippen molar-refractivity contribution in [3.8, 4) is 33.8 Å². The third kappa shape index (κ3) is 4.32. The molecule has 3 heterocycles. The second kappa shape index (κ2) is 11.3. The van der Waals surface area contributed by atoms with Crippen LogP contribution in [0.1, 0.15) is 12.7 Å². The lowest BCUT2D eigenvalue weighted by Crippen LogP contribution is -1.99. The van der Waals surface area contributed by atoms with Gasteiger partial charge in [0.15, 0.2) is 0 Å². The molecule has 0 unspecified atom stereocenters. The van der Waals surface area contributed by atoms with Crippen LogP contribution in [0.3, 0.4) is 0 Å². The molecule has 4 nitrogen and oxygen atoms in total. The monoisotopic (exact) mass is 640 g/mol. The topological polar surface area (TPSA) is 35.6 Å². The van der Waals surface area contributed by atoms with Crippen molar-refractivity contribution in [1.29, 1.82) is 0 Å². The molecule has 0 N–H and O–H groups in total. The van der Waals surface area contributed by atoms with Gasteiger partial charge in [-0.25, -0.2) is 9.97 Å². The number of pyridine rings is 1. The van der Waals surface area contributed by atoms with E-state index >= 15 is 0 Å². The first-order valence-corrected chi connectivity index (χ1v) is 17.2. The molecule has 10 rings (SSSR count). The highest BCUT2D eigenvalue weighted by Gasteiger charge is 2.19. The van der Waals surface area contributed by atoms with Gasteiger partial charge in [0, 0.05) is 50.3 Å². The molecule has 0 saturated heterocycles. The minimum absolute atomic E-state index is 0.871. The summed E-state index contributed by atoms with van der Waals surface area (Å²) >= 11 is 0. The second-order valence-electron chi connectivity index (χ2n) is 12.9. The fourth-order valence-corrected chi connectivity index (χ4v) is 7.80. The summed E-state index contributed by atoms with van der Waals surface area (Å²) in [6.07, 6.45) is 0.871. The van der Waals surface area contributed by atoms with Crippen LogP contribution in [-0.4, -0.2) is 19.1 Å². The van der Waals surface area contributed by atoms with Crippen molar-refractivity contribution in [3.63, 3.8) is 0 Å². The number of hydrogen-bond donors (Lipinski definition) is 0. The largest absolute Gasteiger partial charge is 0.309 e. The van der Waals surface area contributed by atoms with Gasteiger partial charge in [-0.1, -0.05) is 116 Å². The van der Waals surface area contributed by atoms with Gasteiger partial charge in [0.2, 0.25) is 0 Å². The first-order valence-electron chi connectivity index (χ1n) is 17.2. The lowest BCUT2D eigenvalue weighted by Gasteiger charge is -2.13. The highest BCUT2D eigenvalue weighted by molar-refractivity contribution is 6.29. The summed E-state index contributed by atoms with van der Waals surface area (Å²) in [6.45, 7) is 2.16. The molecule has 7 aromatic carbocycles. The maximum Gasteiger partial charge on any atom is 0.114 e. The lowest BCUT2D eigenvalue weighted by molar-refractivity contribution is 0.908. The van der Waals surface area contributed by atoms with Crippen LogP contribution in [0.2, 0.25) is 0 Å². The number of aryl methyl sites for hydroxylation is 1. The molecule has 0 atom stereocenters. The van der Waals surface area contributed by atoms with Gasteiger partial charge < -0.3 is 4.57 Å². The molecule has 0 aliphatic carbocycles. The first kappa shape index (κ1) is 28.5. The van der Waals surface area contributed by atoms with Crippen molar-refractivity contribution < 1.29 is 0 Å². The summed E-state index contributed by atoms with van der Waals surface area (Å²) in [4.78, 5) is 10.2. The number of hydrogen-bond acceptors (Lipinski definition) is 2. The summed E-state index contributed by atoms with van der Waals surface area (Å²) in [5, 5.41) is 6.07. The Hall–Kier alpha value is -6.52. The summed E-state index contributed by atoms with van der Waals surface area (Å²) < 4.78 is 4.66. The summed E-state index contributed by atoms with van der Waals surface area (Å²) in [6, 6.07) is 58.6. The van der Waals surface area contributed by atoms with Crippen molar-refractivity contribution in [1.82, 2.24) is 19.1 Å². The Morgan fingerprint density at radius 1 is 0.400 bits per heavy atom. The number of para-hydroxylation sites is 5. The van der Waals surface area contributed by atoms with Crippen LogP contribution in [0.15, 0.2) is 164 Å². The average molecular weight is 641 g/mol. The van der Waals surface area contributed by atoms with E-state index < -0.39 is 0 Å². The smallest absolute Gasteiger partial charge is 0.114 e. The molecule has 0 amide bonds. The number of fused-ring (bicyclic) bond motifs is 8. The Labute approximate surface area is 289 Å². The Bertz CT molecular complexity index is 2880. The zero-order valence-corrected chi connectivity index (χ0v) is 27.6. The molecule has 10 aromatic rings. The second-order valence-corrected chi connectivity index (χ2v) is 12.9. The zero-order valence-electron chi connectivity index (χ0n) is 27.6. The molecule has 4 heteroatoms. The molecule has 0 fully saturated rings. The van der Waals surface area contributed by atoms with Crippen LogP contribution >= 0.6 is 0 Å². The number of imidazole rings is 1. The molecule has 3 aromatic heterocycles. The fraction of sp³-hybridized carbons (Fsp3) is 0.0435. The third-order valence-electron chi connectivity index (χ3n) is 10.1. The van der Waals surface area contributed by atoms with Gasteiger partial charge in [-0.15, -0.1) is 0 Å². The van der Waals surface area contributed by atoms with Crippen LogP contribution in [0.5, 0.6) is 0 Å². The molecule has 236 valence electrons. The summed E-state index contributed by atoms with van der Waals surface area (Å²) in [7, 11) is 0. The van der Waals surface area contributed by atoms with E-state index in [0.29, 0.717) is 0 Å². The van der Waals surface area contributed by atoms with E-state index in [4.69, 9.17) is 9.97 Å². The Kier molecular flexibility index (Phi) is 6.43. The molecule has 50 heavy (non-hydrogen) atoms. The molecular formula is C46H32N4. The van der Waals surface area contributed by atoms with Crippen LogP contribution in [0, 0.1) is 0 Å². The Morgan fingerprint density at radius 3 is 1.76 bits per heavy atom. The number of benzene rings is 7. The van der Waals surface area contributed by atoms with E-state index in [1.165, 1.54) is 43.7 Å². The number of rotatable bonds is 5. The van der Waals surface area contributed by atoms with Gasteiger partial charge in [0.05, 0.1) is 33.3 Å². The molecule has 0 aliphatic rings. The van der Waals surface area contributed by atoms with Gasteiger partial charge in [-0.2, -0.15) is 0 Å². The zero-order chi connectivity index (χ0) is 33.2. The SMILES string of the molecule is CCc1nc2ccccc2n1-c1ccc(-c2ccc(-c3nc4ccccc4c4c3ccc3c4c4ccccc4n3-c3ccccc3)cc2)cc1. The van der Waals surface area contributed by atoms with Crippen LogP contribution in [0.25, 0.3) is 88.3 Å². The lowest BCUT2D eigenvalue weighted by atomic mass is 9.95. The van der Waals surface area contributed by atoms with Crippen molar-refractivity contribution in [2.24, 2.45) is 0 Å². The van der Waals surface area contributed by atoms with E-state index in [9.17, 15) is 0 Å². The van der Waals surface area contributed by atoms with Crippen LogP contribution in [0.4, 0.5) is 0 Å². The first-order chi connectivity index (χ1) is 24.8. The quantitative estimate of drug-likeness (QED) is 0.176. The average Bonchev–Trinajstić information content (AvgIpc) is 3.74. The third-order valence-corrected chi connectivity index (χ3v) is 10.1. The predicted molar refractivity (Wildman–Crippen MR) is 208 cm³/mol. The molecule has 0 bridgehead atoms. The minimum atomic E-state index is 0.871. The van der Waals surface area contributed by atoms with Gasteiger partial charge in [0.1, 0.15) is 5.82 Å². The predicted octanol–water partition coefficient (Wildman–Crippen LogP) is 11.7. The van der Waals surface area contributed by atoms with Crippen molar-refractivity contribution >= 4 is 54.5 Å². The van der Waals surface area contributed by atoms with E-state index in [-0.39, 0.29) is 0 Å². The number of aromatic nitrogens is 4. The molecular weight excluding hydrogens is 609 g/mol. The standard InChI is InChI=1S/C46H32N4/c1-2-43-47-39-17-9-11-19-41(39)50(43)34-26-24-31(25-27-34)30-20-22-32(23-21-30)46-37-28-29-42-45(44(37)35-14-6-8-16-38(35)48-46)36-15-7-10-18-40(36)49(42)33-12-4-3-5-13-33/h3-29H,2H2,1H3. The summed E-state index contributed by atoms with van der Waals surface area (Å²) in [5.74, 6) is 1.07. The van der Waals surface area contributed by atoms with Crippen molar-refractivity contribution in [2.45, 2.75) is 13.3 Å². The van der Waals surface area contributed by atoms with Gasteiger partial charge >= 0.3 is 0 Å². The van der Waals surface area contributed by atoms with E-state index in [2.05, 4.69) is 174 Å². The van der Waals surface area contributed by atoms with Gasteiger partial charge in [0.25, 0.3) is 0 Å². The van der Waals surface area contributed by atoms with Crippen molar-refractivity contribution in [2.75, 3.05) is 0 Å². The molecule has 0 aliphatic heterocycles. The van der Waals surface area contributed by atoms with E-state index in [1.807, 2.05) is 6.07 Å². The van der Waals surface area contributed by atoms with Crippen LogP contribution in [-0.2, 0) is 6.42 Å². The maximum atomic E-state index is 5.29. The highest BCUT2D eigenvalue weighted by atomic mass is 15.1. The Morgan fingerprint density at radius 2 is 1.00 bits per heavy atom. The van der Waals surface area contributed by atoms with Crippen LogP contribution < -0.4 is 0 Å². The Balaban J connectivity index is 1.11. The normalized spacial score (nSPS) is 11.8. The molecule has 0 radical (unpaired) electrons. The molecule has 0 spiro atoms. The van der Waals surface area contributed by atoms with Gasteiger partial charge in [-0.3, -0.25) is 4.57 Å². The van der Waals surface area contributed by atoms with Gasteiger partial charge in [-0.05, 0) is 65.7 Å². The minimum Gasteiger partial charge on any atom is -0.309 e. The maximum absolute atomic E-state index is 5.29. The van der Waals surface area contributed by atoms with E-state index in [0.717, 1.165) is 56.8 Å². The summed E-state index contributed by atoms with van der Waals surface area (Å²) in [5.41, 5.74) is 12.3. The fourth-order valence-electron chi connectivity index (χ4n) is 7.80. The number of nitrogens with zero attached hydrogens (tertiary/aromatic N) is 4. The van der Waals surface area contributed by atoms with E-state index in [1.54, 1.807) is 0 Å². The molecule has 0 saturated carbocycles. The highest BCUT2D eigenvalue weighted by Crippen LogP contribution is 2.42.